The van der Waals surface area contributed by atoms with Gasteiger partial charge in [-0.15, -0.1) is 0 Å². The molecule has 0 bridgehead atoms. The first-order valence-electron chi connectivity index (χ1n) is 6.27. The summed E-state index contributed by atoms with van der Waals surface area (Å²) in [5.41, 5.74) is 1.77. The Hall–Kier alpha value is -2.03. The zero-order valence-corrected chi connectivity index (χ0v) is 11.2. The Labute approximate surface area is 112 Å². The van der Waals surface area contributed by atoms with Crippen LogP contribution in [-0.4, -0.2) is 7.11 Å². The van der Waals surface area contributed by atoms with E-state index in [1.165, 1.54) is 18.7 Å². The van der Waals surface area contributed by atoms with Gasteiger partial charge in [-0.25, -0.2) is 4.39 Å². The van der Waals surface area contributed by atoms with Gasteiger partial charge in [-0.05, 0) is 36.2 Å². The Morgan fingerprint density at radius 2 is 1.68 bits per heavy atom. The molecule has 0 amide bonds. The van der Waals surface area contributed by atoms with Gasteiger partial charge in [0.25, 0.3) is 0 Å². The average Bonchev–Trinajstić information content (AvgIpc) is 2.46. The second-order valence-electron chi connectivity index (χ2n) is 4.24. The maximum absolute atomic E-state index is 13.7. The average molecular weight is 260 g/mol. The third kappa shape index (κ3) is 3.47. The SMILES string of the molecule is CCc1ccc(OCc2ccc(OC)cc2F)cc1. The summed E-state index contributed by atoms with van der Waals surface area (Å²) < 4.78 is 24.2. The molecule has 100 valence electrons. The first-order chi connectivity index (χ1) is 9.22. The summed E-state index contributed by atoms with van der Waals surface area (Å²) in [4.78, 5) is 0. The molecule has 0 spiro atoms. The number of aryl methyl sites for hydroxylation is 1. The Kier molecular flexibility index (Phi) is 4.39. The number of hydrogen-bond acceptors (Lipinski definition) is 2. The molecule has 0 radical (unpaired) electrons. The molecule has 0 aliphatic carbocycles. The number of halogens is 1. The predicted molar refractivity (Wildman–Crippen MR) is 73.1 cm³/mol. The second-order valence-corrected chi connectivity index (χ2v) is 4.24. The van der Waals surface area contributed by atoms with Crippen LogP contribution in [0.5, 0.6) is 11.5 Å². The lowest BCUT2D eigenvalue weighted by Gasteiger charge is -2.08. The molecule has 0 fully saturated rings. The lowest BCUT2D eigenvalue weighted by atomic mass is 10.2. The van der Waals surface area contributed by atoms with Crippen molar-refractivity contribution in [3.63, 3.8) is 0 Å². The normalized spacial score (nSPS) is 10.3. The van der Waals surface area contributed by atoms with Gasteiger partial charge in [-0.3, -0.25) is 0 Å². The van der Waals surface area contributed by atoms with Crippen LogP contribution in [0.4, 0.5) is 4.39 Å². The number of methoxy groups -OCH3 is 1. The quantitative estimate of drug-likeness (QED) is 0.809. The molecule has 2 aromatic rings. The lowest BCUT2D eigenvalue weighted by molar-refractivity contribution is 0.299. The van der Waals surface area contributed by atoms with Crippen molar-refractivity contribution in [1.29, 1.82) is 0 Å². The molecule has 0 aliphatic heterocycles. The number of ether oxygens (including phenoxy) is 2. The van der Waals surface area contributed by atoms with E-state index in [0.29, 0.717) is 11.3 Å². The van der Waals surface area contributed by atoms with Gasteiger partial charge in [0.1, 0.15) is 23.9 Å². The van der Waals surface area contributed by atoms with Crippen molar-refractivity contribution in [2.24, 2.45) is 0 Å². The third-order valence-corrected chi connectivity index (χ3v) is 2.99. The van der Waals surface area contributed by atoms with Crippen molar-refractivity contribution < 1.29 is 13.9 Å². The Balaban J connectivity index is 2.01. The smallest absolute Gasteiger partial charge is 0.133 e. The molecule has 0 saturated heterocycles. The summed E-state index contributed by atoms with van der Waals surface area (Å²) in [6.07, 6.45) is 0.993. The Morgan fingerprint density at radius 3 is 2.26 bits per heavy atom. The second kappa shape index (κ2) is 6.23. The van der Waals surface area contributed by atoms with E-state index in [0.717, 1.165) is 12.2 Å². The van der Waals surface area contributed by atoms with E-state index in [2.05, 4.69) is 6.92 Å². The summed E-state index contributed by atoms with van der Waals surface area (Å²) in [5.74, 6) is 0.936. The van der Waals surface area contributed by atoms with Gasteiger partial charge in [-0.1, -0.05) is 19.1 Å². The van der Waals surface area contributed by atoms with E-state index in [1.807, 2.05) is 24.3 Å². The molecule has 2 nitrogen and oxygen atoms in total. The first-order valence-corrected chi connectivity index (χ1v) is 6.27. The standard InChI is InChI=1S/C16H17FO2/c1-3-12-4-7-14(8-5-12)19-11-13-6-9-15(18-2)10-16(13)17/h4-10H,3,11H2,1-2H3. The van der Waals surface area contributed by atoms with Crippen molar-refractivity contribution in [2.45, 2.75) is 20.0 Å². The fourth-order valence-corrected chi connectivity index (χ4v) is 1.75. The highest BCUT2D eigenvalue weighted by Crippen LogP contribution is 2.19. The van der Waals surface area contributed by atoms with Crippen LogP contribution in [0.1, 0.15) is 18.1 Å². The van der Waals surface area contributed by atoms with E-state index >= 15 is 0 Å². The maximum atomic E-state index is 13.7. The fraction of sp³-hybridized carbons (Fsp3) is 0.250. The molecule has 2 rings (SSSR count). The minimum Gasteiger partial charge on any atom is -0.497 e. The van der Waals surface area contributed by atoms with Crippen LogP contribution < -0.4 is 9.47 Å². The molecule has 19 heavy (non-hydrogen) atoms. The molecular weight excluding hydrogens is 243 g/mol. The molecule has 0 aliphatic rings. The van der Waals surface area contributed by atoms with Crippen LogP contribution in [0.15, 0.2) is 42.5 Å². The van der Waals surface area contributed by atoms with Gasteiger partial charge >= 0.3 is 0 Å². The van der Waals surface area contributed by atoms with Crippen LogP contribution in [0.2, 0.25) is 0 Å². The van der Waals surface area contributed by atoms with Crippen molar-refractivity contribution in [2.75, 3.05) is 7.11 Å². The fourth-order valence-electron chi connectivity index (χ4n) is 1.75. The van der Waals surface area contributed by atoms with E-state index in [1.54, 1.807) is 12.1 Å². The molecule has 0 saturated carbocycles. The summed E-state index contributed by atoms with van der Waals surface area (Å²) in [6, 6.07) is 12.6. The number of benzene rings is 2. The number of rotatable bonds is 5. The lowest BCUT2D eigenvalue weighted by Crippen LogP contribution is -1.99. The molecule has 0 N–H and O–H groups in total. The molecule has 0 aromatic heterocycles. The molecular formula is C16H17FO2. The van der Waals surface area contributed by atoms with Gasteiger partial charge in [0.2, 0.25) is 0 Å². The van der Waals surface area contributed by atoms with E-state index in [9.17, 15) is 4.39 Å². The summed E-state index contributed by atoms with van der Waals surface area (Å²) in [7, 11) is 1.51. The van der Waals surface area contributed by atoms with Gasteiger partial charge in [0.05, 0.1) is 7.11 Å². The zero-order valence-electron chi connectivity index (χ0n) is 11.2. The van der Waals surface area contributed by atoms with Crippen molar-refractivity contribution in [3.8, 4) is 11.5 Å². The highest BCUT2D eigenvalue weighted by molar-refractivity contribution is 5.30. The predicted octanol–water partition coefficient (Wildman–Crippen LogP) is 3.98. The van der Waals surface area contributed by atoms with Crippen LogP contribution in [0, 0.1) is 5.82 Å². The molecule has 0 unspecified atom stereocenters. The van der Waals surface area contributed by atoms with Crippen molar-refractivity contribution in [3.05, 3.63) is 59.4 Å². The molecule has 0 heterocycles. The van der Waals surface area contributed by atoms with Crippen LogP contribution in [0.3, 0.4) is 0 Å². The topological polar surface area (TPSA) is 18.5 Å². The third-order valence-electron chi connectivity index (χ3n) is 2.99. The van der Waals surface area contributed by atoms with Gasteiger partial charge < -0.3 is 9.47 Å². The summed E-state index contributed by atoms with van der Waals surface area (Å²) >= 11 is 0. The monoisotopic (exact) mass is 260 g/mol. The van der Waals surface area contributed by atoms with Gasteiger partial charge in [0.15, 0.2) is 0 Å². The highest BCUT2D eigenvalue weighted by Gasteiger charge is 2.05. The Morgan fingerprint density at radius 1 is 1.00 bits per heavy atom. The van der Waals surface area contributed by atoms with E-state index < -0.39 is 0 Å². The molecule has 0 atom stereocenters. The van der Waals surface area contributed by atoms with E-state index in [-0.39, 0.29) is 12.4 Å². The largest absolute Gasteiger partial charge is 0.497 e. The summed E-state index contributed by atoms with van der Waals surface area (Å²) in [6.45, 7) is 2.31. The summed E-state index contributed by atoms with van der Waals surface area (Å²) in [5, 5.41) is 0. The van der Waals surface area contributed by atoms with Crippen molar-refractivity contribution in [1.82, 2.24) is 0 Å². The van der Waals surface area contributed by atoms with Crippen molar-refractivity contribution >= 4 is 0 Å². The van der Waals surface area contributed by atoms with Crippen LogP contribution in [-0.2, 0) is 13.0 Å². The van der Waals surface area contributed by atoms with Crippen LogP contribution >= 0.6 is 0 Å². The molecule has 2 aromatic carbocycles. The van der Waals surface area contributed by atoms with E-state index in [4.69, 9.17) is 9.47 Å². The molecule has 3 heteroatoms. The highest BCUT2D eigenvalue weighted by atomic mass is 19.1. The van der Waals surface area contributed by atoms with Gasteiger partial charge in [-0.2, -0.15) is 0 Å². The minimum atomic E-state index is -0.315. The van der Waals surface area contributed by atoms with Gasteiger partial charge in [0, 0.05) is 11.6 Å². The maximum Gasteiger partial charge on any atom is 0.133 e. The number of hydrogen-bond donors (Lipinski definition) is 0. The Bertz CT molecular complexity index is 535. The zero-order chi connectivity index (χ0) is 13.7. The first kappa shape index (κ1) is 13.4. The minimum absolute atomic E-state index is 0.210. The van der Waals surface area contributed by atoms with Crippen LogP contribution in [0.25, 0.3) is 0 Å².